The van der Waals surface area contributed by atoms with Gasteiger partial charge in [0.25, 0.3) is 0 Å². The lowest BCUT2D eigenvalue weighted by Gasteiger charge is -2.04. The number of fused-ring (bicyclic) bond motifs is 1. The van der Waals surface area contributed by atoms with E-state index >= 15 is 0 Å². The van der Waals surface area contributed by atoms with Crippen LogP contribution in [0.3, 0.4) is 0 Å². The number of nitrogens with zero attached hydrogens (tertiary/aromatic N) is 2. The molecule has 0 fully saturated rings. The minimum Gasteiger partial charge on any atom is -0.497 e. The number of imidazole rings is 1. The number of ether oxygens (including phenoxy) is 1. The fraction of sp³-hybridized carbons (Fsp3) is 0.350. The van der Waals surface area contributed by atoms with Gasteiger partial charge in [-0.1, -0.05) is 23.3 Å². The quantitative estimate of drug-likeness (QED) is 0.587. The molecule has 0 atom stereocenters. The Balaban J connectivity index is 0.000000527. The molecule has 0 saturated heterocycles. The molecule has 0 radical (unpaired) electrons. The van der Waals surface area contributed by atoms with Gasteiger partial charge in [0.1, 0.15) is 5.75 Å². The minimum atomic E-state index is -1.82. The molecule has 146 valence electrons. The number of carbonyl (C=O) groups is 2. The standard InChI is InChI=1S/C18H24N2O.C2H2O4/c1-14(2)6-5-7-15(3)10-11-20-13-19-17-9-8-16(21-4)12-18(17)20;3-1(4)2(5)6/h6,8-10,12-13H,5,7,11H2,1-4H3;(H,3,4)(H,5,6). The number of hydrogen-bond donors (Lipinski definition) is 2. The Labute approximate surface area is 158 Å². The molecule has 0 aliphatic rings. The number of allylic oxidation sites excluding steroid dienone is 4. The predicted octanol–water partition coefficient (Wildman–Crippen LogP) is 3.89. The monoisotopic (exact) mass is 374 g/mol. The zero-order chi connectivity index (χ0) is 20.4. The Morgan fingerprint density at radius 2 is 1.81 bits per heavy atom. The Morgan fingerprint density at radius 1 is 1.15 bits per heavy atom. The molecule has 0 bridgehead atoms. The Kier molecular flexibility index (Phi) is 8.78. The van der Waals surface area contributed by atoms with E-state index in [0.717, 1.165) is 36.2 Å². The van der Waals surface area contributed by atoms with Crippen molar-refractivity contribution in [3.8, 4) is 5.75 Å². The molecule has 0 amide bonds. The van der Waals surface area contributed by atoms with Gasteiger partial charge >= 0.3 is 11.9 Å². The Bertz CT molecular complexity index is 833. The van der Waals surface area contributed by atoms with E-state index in [1.54, 1.807) is 7.11 Å². The summed E-state index contributed by atoms with van der Waals surface area (Å²) in [6.45, 7) is 7.33. The first-order valence-electron chi connectivity index (χ1n) is 8.48. The zero-order valence-electron chi connectivity index (χ0n) is 16.1. The third-order valence-electron chi connectivity index (χ3n) is 3.74. The maximum atomic E-state index is 9.10. The van der Waals surface area contributed by atoms with Crippen molar-refractivity contribution in [2.75, 3.05) is 7.11 Å². The van der Waals surface area contributed by atoms with Gasteiger partial charge in [-0.25, -0.2) is 14.6 Å². The average Bonchev–Trinajstić information content (AvgIpc) is 3.02. The van der Waals surface area contributed by atoms with Gasteiger partial charge in [-0.15, -0.1) is 0 Å². The summed E-state index contributed by atoms with van der Waals surface area (Å²) < 4.78 is 7.44. The number of aromatic nitrogens is 2. The fourth-order valence-corrected chi connectivity index (χ4v) is 2.25. The molecule has 0 aliphatic heterocycles. The van der Waals surface area contributed by atoms with E-state index in [-0.39, 0.29) is 0 Å². The molecule has 0 aliphatic carbocycles. The SMILES string of the molecule is COc1ccc2ncn(CC=C(C)CCC=C(C)C)c2c1.O=C(O)C(=O)O. The van der Waals surface area contributed by atoms with Crippen molar-refractivity contribution in [3.05, 3.63) is 47.8 Å². The molecule has 2 rings (SSSR count). The summed E-state index contributed by atoms with van der Waals surface area (Å²) in [5, 5.41) is 14.8. The van der Waals surface area contributed by atoms with Gasteiger partial charge in [0.05, 0.1) is 24.5 Å². The first kappa shape index (κ1) is 22.0. The van der Waals surface area contributed by atoms with Crippen LogP contribution in [0.15, 0.2) is 47.8 Å². The third kappa shape index (κ3) is 7.77. The average molecular weight is 374 g/mol. The molecule has 27 heavy (non-hydrogen) atoms. The number of rotatable bonds is 6. The smallest absolute Gasteiger partial charge is 0.414 e. The number of carboxylic acids is 2. The van der Waals surface area contributed by atoms with Gasteiger partial charge in [-0.2, -0.15) is 0 Å². The minimum absolute atomic E-state index is 0.852. The van der Waals surface area contributed by atoms with Gasteiger partial charge in [0, 0.05) is 12.6 Å². The topological polar surface area (TPSA) is 102 Å². The molecule has 2 N–H and O–H groups in total. The molecule has 1 heterocycles. The summed E-state index contributed by atoms with van der Waals surface area (Å²) >= 11 is 0. The van der Waals surface area contributed by atoms with Crippen LogP contribution in [0.5, 0.6) is 5.75 Å². The van der Waals surface area contributed by atoms with Crippen molar-refractivity contribution in [3.63, 3.8) is 0 Å². The molecular formula is C20H26N2O5. The van der Waals surface area contributed by atoms with Crippen LogP contribution in [0, 0.1) is 0 Å². The van der Waals surface area contributed by atoms with Gasteiger partial charge in [0.15, 0.2) is 0 Å². The van der Waals surface area contributed by atoms with E-state index in [2.05, 4.69) is 42.5 Å². The maximum Gasteiger partial charge on any atom is 0.414 e. The van der Waals surface area contributed by atoms with Crippen LogP contribution >= 0.6 is 0 Å². The third-order valence-corrected chi connectivity index (χ3v) is 3.74. The highest BCUT2D eigenvalue weighted by molar-refractivity contribution is 6.27. The lowest BCUT2D eigenvalue weighted by Crippen LogP contribution is -2.09. The van der Waals surface area contributed by atoms with Crippen molar-refractivity contribution in [1.82, 2.24) is 9.55 Å². The van der Waals surface area contributed by atoms with Gasteiger partial charge < -0.3 is 19.5 Å². The van der Waals surface area contributed by atoms with Crippen molar-refractivity contribution in [1.29, 1.82) is 0 Å². The van der Waals surface area contributed by atoms with E-state index in [9.17, 15) is 0 Å². The first-order valence-corrected chi connectivity index (χ1v) is 8.48. The van der Waals surface area contributed by atoms with Crippen molar-refractivity contribution in [2.24, 2.45) is 0 Å². The zero-order valence-corrected chi connectivity index (χ0v) is 16.1. The van der Waals surface area contributed by atoms with E-state index in [1.807, 2.05) is 24.5 Å². The second-order valence-corrected chi connectivity index (χ2v) is 6.23. The summed E-state index contributed by atoms with van der Waals surface area (Å²) in [6, 6.07) is 5.98. The fourth-order valence-electron chi connectivity index (χ4n) is 2.25. The molecule has 1 aromatic carbocycles. The molecule has 7 heteroatoms. The number of methoxy groups -OCH3 is 1. The summed E-state index contributed by atoms with van der Waals surface area (Å²) in [6.07, 6.45) is 8.68. The Hall–Kier alpha value is -3.09. The van der Waals surface area contributed by atoms with Crippen LogP contribution in [-0.2, 0) is 16.1 Å². The van der Waals surface area contributed by atoms with E-state index in [0.29, 0.717) is 0 Å². The van der Waals surface area contributed by atoms with Crippen LogP contribution in [0.25, 0.3) is 11.0 Å². The van der Waals surface area contributed by atoms with Crippen LogP contribution < -0.4 is 4.74 Å². The Morgan fingerprint density at radius 3 is 2.37 bits per heavy atom. The van der Waals surface area contributed by atoms with Crippen LogP contribution in [-0.4, -0.2) is 38.8 Å². The van der Waals surface area contributed by atoms with Crippen LogP contribution in [0.2, 0.25) is 0 Å². The molecular weight excluding hydrogens is 348 g/mol. The second-order valence-electron chi connectivity index (χ2n) is 6.23. The highest BCUT2D eigenvalue weighted by atomic mass is 16.5. The lowest BCUT2D eigenvalue weighted by atomic mass is 10.1. The second kappa shape index (κ2) is 10.8. The largest absolute Gasteiger partial charge is 0.497 e. The highest BCUT2D eigenvalue weighted by Crippen LogP contribution is 2.20. The summed E-state index contributed by atoms with van der Waals surface area (Å²) in [5.74, 6) is -2.78. The summed E-state index contributed by atoms with van der Waals surface area (Å²) in [5.41, 5.74) is 4.92. The predicted molar refractivity (Wildman–Crippen MR) is 104 cm³/mol. The molecule has 0 unspecified atom stereocenters. The van der Waals surface area contributed by atoms with Crippen molar-refractivity contribution >= 4 is 23.0 Å². The number of hydrogen-bond acceptors (Lipinski definition) is 4. The number of carboxylic acid groups (broad SMARTS) is 2. The van der Waals surface area contributed by atoms with Crippen molar-refractivity contribution in [2.45, 2.75) is 40.2 Å². The molecule has 0 saturated carbocycles. The van der Waals surface area contributed by atoms with Gasteiger partial charge in [-0.05, 0) is 45.7 Å². The highest BCUT2D eigenvalue weighted by Gasteiger charge is 2.04. The summed E-state index contributed by atoms with van der Waals surface area (Å²) in [4.78, 5) is 22.6. The van der Waals surface area contributed by atoms with Gasteiger partial charge in [-0.3, -0.25) is 0 Å². The van der Waals surface area contributed by atoms with Gasteiger partial charge in [0.2, 0.25) is 0 Å². The normalized spacial score (nSPS) is 10.7. The molecule has 0 spiro atoms. The van der Waals surface area contributed by atoms with Crippen molar-refractivity contribution < 1.29 is 24.5 Å². The molecule has 7 nitrogen and oxygen atoms in total. The lowest BCUT2D eigenvalue weighted by molar-refractivity contribution is -0.159. The molecule has 2 aromatic rings. The number of aliphatic carboxylic acids is 2. The number of benzene rings is 1. The maximum absolute atomic E-state index is 9.10. The molecule has 1 aromatic heterocycles. The van der Waals surface area contributed by atoms with E-state index in [4.69, 9.17) is 24.5 Å². The van der Waals surface area contributed by atoms with E-state index < -0.39 is 11.9 Å². The summed E-state index contributed by atoms with van der Waals surface area (Å²) in [7, 11) is 1.69. The van der Waals surface area contributed by atoms with Crippen LogP contribution in [0.1, 0.15) is 33.6 Å². The van der Waals surface area contributed by atoms with E-state index in [1.165, 1.54) is 11.1 Å². The first-order chi connectivity index (χ1) is 12.7. The van der Waals surface area contributed by atoms with Crippen LogP contribution in [0.4, 0.5) is 0 Å².